The fourth-order valence-corrected chi connectivity index (χ4v) is 2.02. The number of hydrogen-bond donors (Lipinski definition) is 2. The molecule has 2 aromatic rings. The first-order valence-corrected chi connectivity index (χ1v) is 6.52. The summed E-state index contributed by atoms with van der Waals surface area (Å²) in [5.74, 6) is -1.52. The SMILES string of the molecule is O=C(O)C=CC(=O)O.c1ccc2c(c1)COc1ccccc1-2. The average Bonchev–Trinajstić information content (AvgIpc) is 2.53. The van der Waals surface area contributed by atoms with Crippen LogP contribution < -0.4 is 4.74 Å². The largest absolute Gasteiger partial charge is 0.488 e. The molecule has 0 aliphatic carbocycles. The molecule has 22 heavy (non-hydrogen) atoms. The van der Waals surface area contributed by atoms with Crippen molar-refractivity contribution < 1.29 is 24.5 Å². The second-order valence-corrected chi connectivity index (χ2v) is 4.45. The summed E-state index contributed by atoms with van der Waals surface area (Å²) in [6.07, 6.45) is 1.12. The molecule has 5 nitrogen and oxygen atoms in total. The van der Waals surface area contributed by atoms with Gasteiger partial charge in [-0.3, -0.25) is 0 Å². The number of aliphatic carboxylic acids is 2. The predicted molar refractivity (Wildman–Crippen MR) is 80.6 cm³/mol. The minimum Gasteiger partial charge on any atom is -0.488 e. The standard InChI is InChI=1S/C13H10O.C4H4O4/c1-2-6-11-10(5-1)9-14-13-8-4-3-7-12(11)13;5-3(6)1-2-4(7)8/h1-8H,9H2;1-2H,(H,5,6)(H,7,8). The molecule has 1 heterocycles. The second kappa shape index (κ2) is 7.08. The molecule has 1 aliphatic rings. The van der Waals surface area contributed by atoms with Gasteiger partial charge in [0, 0.05) is 17.7 Å². The van der Waals surface area contributed by atoms with Crippen LogP contribution in [-0.4, -0.2) is 22.2 Å². The Labute approximate surface area is 127 Å². The van der Waals surface area contributed by atoms with Crippen molar-refractivity contribution in [1.29, 1.82) is 0 Å². The monoisotopic (exact) mass is 298 g/mol. The third kappa shape index (κ3) is 3.96. The van der Waals surface area contributed by atoms with E-state index in [1.54, 1.807) is 0 Å². The van der Waals surface area contributed by atoms with Crippen LogP contribution in [0.4, 0.5) is 0 Å². The molecule has 1 aliphatic heterocycles. The minimum absolute atomic E-state index is 0.558. The fourth-order valence-electron chi connectivity index (χ4n) is 2.02. The Balaban J connectivity index is 0.000000192. The first kappa shape index (κ1) is 15.3. The van der Waals surface area contributed by atoms with E-state index in [2.05, 4.69) is 30.3 Å². The molecule has 2 aromatic carbocycles. The van der Waals surface area contributed by atoms with E-state index in [0.717, 1.165) is 5.75 Å². The van der Waals surface area contributed by atoms with E-state index in [-0.39, 0.29) is 0 Å². The first-order chi connectivity index (χ1) is 10.6. The van der Waals surface area contributed by atoms with Crippen LogP contribution >= 0.6 is 0 Å². The van der Waals surface area contributed by atoms with E-state index in [0.29, 0.717) is 18.8 Å². The lowest BCUT2D eigenvalue weighted by molar-refractivity contribution is -0.134. The van der Waals surface area contributed by atoms with Gasteiger partial charge in [0.2, 0.25) is 0 Å². The molecule has 0 unspecified atom stereocenters. The van der Waals surface area contributed by atoms with Crippen LogP contribution in [0.1, 0.15) is 5.56 Å². The highest BCUT2D eigenvalue weighted by atomic mass is 16.5. The third-order valence-electron chi connectivity index (χ3n) is 2.95. The Morgan fingerprint density at radius 2 is 1.41 bits per heavy atom. The highest BCUT2D eigenvalue weighted by Crippen LogP contribution is 2.36. The van der Waals surface area contributed by atoms with E-state index in [1.807, 2.05) is 18.2 Å². The van der Waals surface area contributed by atoms with Crippen molar-refractivity contribution in [2.45, 2.75) is 6.61 Å². The van der Waals surface area contributed by atoms with E-state index < -0.39 is 11.9 Å². The maximum Gasteiger partial charge on any atom is 0.328 e. The third-order valence-corrected chi connectivity index (χ3v) is 2.95. The number of carboxylic acids is 2. The topological polar surface area (TPSA) is 83.8 Å². The minimum atomic E-state index is -1.26. The van der Waals surface area contributed by atoms with Gasteiger partial charge >= 0.3 is 11.9 Å². The molecule has 0 atom stereocenters. The van der Waals surface area contributed by atoms with Crippen molar-refractivity contribution in [1.82, 2.24) is 0 Å². The Kier molecular flexibility index (Phi) is 4.93. The molecule has 0 spiro atoms. The molecule has 3 rings (SSSR count). The van der Waals surface area contributed by atoms with Crippen molar-refractivity contribution in [3.8, 4) is 16.9 Å². The number of para-hydroxylation sites is 1. The first-order valence-electron chi connectivity index (χ1n) is 6.52. The zero-order valence-corrected chi connectivity index (χ0v) is 11.6. The van der Waals surface area contributed by atoms with Crippen LogP contribution in [0.3, 0.4) is 0 Å². The van der Waals surface area contributed by atoms with Crippen molar-refractivity contribution >= 4 is 11.9 Å². The molecule has 5 heteroatoms. The van der Waals surface area contributed by atoms with E-state index in [4.69, 9.17) is 14.9 Å². The van der Waals surface area contributed by atoms with Crippen molar-refractivity contribution in [2.75, 3.05) is 0 Å². The van der Waals surface area contributed by atoms with Crippen LogP contribution in [0.2, 0.25) is 0 Å². The predicted octanol–water partition coefficient (Wildman–Crippen LogP) is 2.96. The van der Waals surface area contributed by atoms with E-state index in [1.165, 1.54) is 16.7 Å². The maximum atomic E-state index is 9.55. The molecule has 0 amide bonds. The van der Waals surface area contributed by atoms with Gasteiger partial charge in [-0.2, -0.15) is 0 Å². The van der Waals surface area contributed by atoms with Crippen LogP contribution in [-0.2, 0) is 16.2 Å². The molecule has 0 aromatic heterocycles. The normalized spacial score (nSPS) is 11.5. The van der Waals surface area contributed by atoms with Gasteiger partial charge < -0.3 is 14.9 Å². The van der Waals surface area contributed by atoms with Gasteiger partial charge in [0.1, 0.15) is 12.4 Å². The second-order valence-electron chi connectivity index (χ2n) is 4.45. The van der Waals surface area contributed by atoms with Crippen LogP contribution in [0.15, 0.2) is 60.7 Å². The molecule has 112 valence electrons. The van der Waals surface area contributed by atoms with Gasteiger partial charge in [0.05, 0.1) is 0 Å². The number of benzene rings is 2. The summed E-state index contributed by atoms with van der Waals surface area (Å²) in [7, 11) is 0. The molecular formula is C17H14O5. The Morgan fingerprint density at radius 3 is 2.05 bits per heavy atom. The highest BCUT2D eigenvalue weighted by Gasteiger charge is 2.14. The lowest BCUT2D eigenvalue weighted by Crippen LogP contribution is -2.04. The molecule has 0 fully saturated rings. The zero-order chi connectivity index (χ0) is 15.9. The quantitative estimate of drug-likeness (QED) is 0.833. The zero-order valence-electron chi connectivity index (χ0n) is 11.6. The summed E-state index contributed by atoms with van der Waals surface area (Å²) in [6, 6.07) is 16.6. The van der Waals surface area contributed by atoms with Gasteiger partial charge in [-0.15, -0.1) is 0 Å². The van der Waals surface area contributed by atoms with Gasteiger partial charge in [0.15, 0.2) is 0 Å². The summed E-state index contributed by atoms with van der Waals surface area (Å²) >= 11 is 0. The Hall–Kier alpha value is -3.08. The van der Waals surface area contributed by atoms with Crippen molar-refractivity contribution in [3.05, 3.63) is 66.2 Å². The summed E-state index contributed by atoms with van der Waals surface area (Å²) in [5, 5.41) is 15.6. The summed E-state index contributed by atoms with van der Waals surface area (Å²) < 4.78 is 5.65. The summed E-state index contributed by atoms with van der Waals surface area (Å²) in [6.45, 7) is 0.688. The molecule has 0 bridgehead atoms. The number of hydrogen-bond acceptors (Lipinski definition) is 3. The van der Waals surface area contributed by atoms with Gasteiger partial charge in [0.25, 0.3) is 0 Å². The van der Waals surface area contributed by atoms with Crippen LogP contribution in [0.5, 0.6) is 5.75 Å². The average molecular weight is 298 g/mol. The van der Waals surface area contributed by atoms with Crippen LogP contribution in [0.25, 0.3) is 11.1 Å². The number of carbonyl (C=O) groups is 2. The number of rotatable bonds is 2. The summed E-state index contributed by atoms with van der Waals surface area (Å²) in [4.78, 5) is 19.1. The lowest BCUT2D eigenvalue weighted by Gasteiger charge is -2.20. The maximum absolute atomic E-state index is 9.55. The fraction of sp³-hybridized carbons (Fsp3) is 0.0588. The van der Waals surface area contributed by atoms with Gasteiger partial charge in [-0.1, -0.05) is 42.5 Å². The number of carboxylic acid groups (broad SMARTS) is 2. The van der Waals surface area contributed by atoms with E-state index in [9.17, 15) is 9.59 Å². The van der Waals surface area contributed by atoms with E-state index >= 15 is 0 Å². The number of fused-ring (bicyclic) bond motifs is 3. The lowest BCUT2D eigenvalue weighted by atomic mass is 9.97. The molecule has 2 N–H and O–H groups in total. The molecule has 0 radical (unpaired) electrons. The molecule has 0 saturated heterocycles. The Bertz CT molecular complexity index is 657. The van der Waals surface area contributed by atoms with Crippen LogP contribution in [0, 0.1) is 0 Å². The Morgan fingerprint density at radius 1 is 0.864 bits per heavy atom. The number of ether oxygens (including phenoxy) is 1. The highest BCUT2D eigenvalue weighted by molar-refractivity contribution is 5.89. The van der Waals surface area contributed by atoms with Gasteiger partial charge in [-0.05, 0) is 17.2 Å². The molecule has 0 saturated carbocycles. The van der Waals surface area contributed by atoms with Crippen molar-refractivity contribution in [3.63, 3.8) is 0 Å². The van der Waals surface area contributed by atoms with Gasteiger partial charge in [-0.25, -0.2) is 9.59 Å². The molecular weight excluding hydrogens is 284 g/mol. The van der Waals surface area contributed by atoms with Crippen molar-refractivity contribution in [2.24, 2.45) is 0 Å². The summed E-state index contributed by atoms with van der Waals surface area (Å²) in [5.41, 5.74) is 3.77. The smallest absolute Gasteiger partial charge is 0.328 e.